The van der Waals surface area contributed by atoms with Crippen molar-refractivity contribution in [2.75, 3.05) is 18.0 Å². The Balaban J connectivity index is 2.19. The Kier molecular flexibility index (Phi) is 6.34. The topological polar surface area (TPSA) is 40.6 Å². The monoisotopic (exact) mass is 338 g/mol. The van der Waals surface area contributed by atoms with E-state index in [0.717, 1.165) is 22.4 Å². The molecular weight excluding hydrogens is 312 g/mol. The maximum atomic E-state index is 12.8. The summed E-state index contributed by atoms with van der Waals surface area (Å²) in [5, 5.41) is 0. The number of carbonyl (C=O) groups is 2. The molecule has 2 aromatic rings. The molecule has 0 unspecified atom stereocenters. The van der Waals surface area contributed by atoms with E-state index in [4.69, 9.17) is 0 Å². The van der Waals surface area contributed by atoms with Crippen LogP contribution >= 0.6 is 0 Å². The van der Waals surface area contributed by atoms with Crippen molar-refractivity contribution in [2.45, 2.75) is 34.2 Å². The molecule has 0 heterocycles. The Bertz CT molecular complexity index is 741. The van der Waals surface area contributed by atoms with Gasteiger partial charge in [0.25, 0.3) is 0 Å². The lowest BCUT2D eigenvalue weighted by Crippen LogP contribution is -2.42. The minimum atomic E-state index is -0.127. The highest BCUT2D eigenvalue weighted by Crippen LogP contribution is 2.23. The zero-order valence-corrected chi connectivity index (χ0v) is 15.5. The van der Waals surface area contributed by atoms with Crippen molar-refractivity contribution in [3.8, 4) is 0 Å². The number of hydrogen-bond acceptors (Lipinski definition) is 2. The molecule has 0 bridgehead atoms. The first kappa shape index (κ1) is 18.7. The van der Waals surface area contributed by atoms with Gasteiger partial charge in [-0.15, -0.1) is 0 Å². The highest BCUT2D eigenvalue weighted by molar-refractivity contribution is 5.98. The van der Waals surface area contributed by atoms with Gasteiger partial charge in [0, 0.05) is 25.7 Å². The summed E-state index contributed by atoms with van der Waals surface area (Å²) in [6.07, 6.45) is 0. The molecule has 25 heavy (non-hydrogen) atoms. The van der Waals surface area contributed by atoms with E-state index < -0.39 is 0 Å². The average Bonchev–Trinajstić information content (AvgIpc) is 2.60. The predicted molar refractivity (Wildman–Crippen MR) is 101 cm³/mol. The number of nitrogens with zero attached hydrogens (tertiary/aromatic N) is 2. The molecule has 2 rings (SSSR count). The van der Waals surface area contributed by atoms with Gasteiger partial charge in [-0.1, -0.05) is 42.5 Å². The van der Waals surface area contributed by atoms with Gasteiger partial charge < -0.3 is 9.80 Å². The quantitative estimate of drug-likeness (QED) is 0.806. The largest absolute Gasteiger partial charge is 0.337 e. The highest BCUT2D eigenvalue weighted by atomic mass is 16.2. The predicted octanol–water partition coefficient (Wildman–Crippen LogP) is 3.71. The Hall–Kier alpha value is -2.62. The highest BCUT2D eigenvalue weighted by Gasteiger charge is 2.21. The fourth-order valence-electron chi connectivity index (χ4n) is 2.81. The van der Waals surface area contributed by atoms with Crippen molar-refractivity contribution in [3.63, 3.8) is 0 Å². The van der Waals surface area contributed by atoms with Gasteiger partial charge in [-0.25, -0.2) is 0 Å². The number of carbonyl (C=O) groups excluding carboxylic acids is 2. The summed E-state index contributed by atoms with van der Waals surface area (Å²) in [6.45, 7) is 8.65. The second-order valence-electron chi connectivity index (χ2n) is 6.22. The number of aryl methyl sites for hydroxylation is 1. The molecule has 0 saturated carbocycles. The maximum absolute atomic E-state index is 12.8. The molecule has 0 aromatic heterocycles. The maximum Gasteiger partial charge on any atom is 0.242 e. The van der Waals surface area contributed by atoms with Crippen molar-refractivity contribution < 1.29 is 9.59 Å². The zero-order chi connectivity index (χ0) is 18.4. The van der Waals surface area contributed by atoms with Gasteiger partial charge in [-0.2, -0.15) is 0 Å². The smallest absolute Gasteiger partial charge is 0.242 e. The summed E-state index contributed by atoms with van der Waals surface area (Å²) in [5.74, 6) is -0.180. The number of likely N-dealkylation sites (N-methyl/N-ethyl adjacent to an activating group) is 1. The second kappa shape index (κ2) is 8.47. The minimum Gasteiger partial charge on any atom is -0.337 e. The number of anilines is 1. The molecule has 0 atom stereocenters. The normalized spacial score (nSPS) is 10.4. The molecule has 0 fully saturated rings. The van der Waals surface area contributed by atoms with Crippen LogP contribution in [0.1, 0.15) is 30.5 Å². The van der Waals surface area contributed by atoms with Gasteiger partial charge in [0.05, 0.1) is 0 Å². The molecule has 0 aliphatic heterocycles. The van der Waals surface area contributed by atoms with E-state index in [1.54, 1.807) is 9.80 Å². The van der Waals surface area contributed by atoms with E-state index in [9.17, 15) is 9.59 Å². The van der Waals surface area contributed by atoms with E-state index in [1.165, 1.54) is 6.92 Å². The Morgan fingerprint density at radius 1 is 0.960 bits per heavy atom. The summed E-state index contributed by atoms with van der Waals surface area (Å²) >= 11 is 0. The van der Waals surface area contributed by atoms with Gasteiger partial charge in [-0.05, 0) is 43.5 Å². The molecule has 0 aliphatic rings. The van der Waals surface area contributed by atoms with Crippen molar-refractivity contribution in [3.05, 3.63) is 65.2 Å². The zero-order valence-electron chi connectivity index (χ0n) is 15.5. The summed E-state index contributed by atoms with van der Waals surface area (Å²) in [6, 6.07) is 15.7. The standard InChI is InChI=1S/C21H26N2O2/c1-5-22(14-19-11-7-6-8-12-19)21(25)15-23(18(4)24)20-13-9-10-16(2)17(20)3/h6-13H,5,14-15H2,1-4H3. The summed E-state index contributed by atoms with van der Waals surface area (Å²) in [5.41, 5.74) is 4.01. The van der Waals surface area contributed by atoms with Crippen LogP contribution in [0, 0.1) is 13.8 Å². The molecule has 2 aromatic carbocycles. The lowest BCUT2D eigenvalue weighted by Gasteiger charge is -2.27. The van der Waals surface area contributed by atoms with Crippen LogP contribution in [-0.4, -0.2) is 29.8 Å². The van der Waals surface area contributed by atoms with Crippen LogP contribution in [-0.2, 0) is 16.1 Å². The van der Waals surface area contributed by atoms with E-state index >= 15 is 0 Å². The molecule has 4 nitrogen and oxygen atoms in total. The van der Waals surface area contributed by atoms with Crippen LogP contribution in [0.3, 0.4) is 0 Å². The van der Waals surface area contributed by atoms with Crippen LogP contribution in [0.4, 0.5) is 5.69 Å². The van der Waals surface area contributed by atoms with Gasteiger partial charge in [0.1, 0.15) is 6.54 Å². The molecule has 0 spiro atoms. The van der Waals surface area contributed by atoms with Gasteiger partial charge in [-0.3, -0.25) is 9.59 Å². The van der Waals surface area contributed by atoms with Crippen LogP contribution in [0.5, 0.6) is 0 Å². The van der Waals surface area contributed by atoms with E-state index in [2.05, 4.69) is 0 Å². The van der Waals surface area contributed by atoms with Crippen molar-refractivity contribution >= 4 is 17.5 Å². The summed E-state index contributed by atoms with van der Waals surface area (Å²) in [4.78, 5) is 28.3. The van der Waals surface area contributed by atoms with Crippen molar-refractivity contribution in [1.82, 2.24) is 4.90 Å². The van der Waals surface area contributed by atoms with E-state index in [1.807, 2.05) is 69.3 Å². The van der Waals surface area contributed by atoms with Crippen LogP contribution in [0.25, 0.3) is 0 Å². The number of amides is 2. The third-order valence-corrected chi connectivity index (χ3v) is 4.49. The van der Waals surface area contributed by atoms with Crippen LogP contribution in [0.2, 0.25) is 0 Å². The fourth-order valence-corrected chi connectivity index (χ4v) is 2.81. The summed E-state index contributed by atoms with van der Waals surface area (Å²) in [7, 11) is 0. The van der Waals surface area contributed by atoms with Crippen LogP contribution in [0.15, 0.2) is 48.5 Å². The molecule has 0 saturated heterocycles. The lowest BCUT2D eigenvalue weighted by molar-refractivity contribution is -0.131. The molecule has 4 heteroatoms. The van der Waals surface area contributed by atoms with Crippen molar-refractivity contribution in [2.24, 2.45) is 0 Å². The average molecular weight is 338 g/mol. The Morgan fingerprint density at radius 2 is 1.64 bits per heavy atom. The molecule has 2 amide bonds. The first-order chi connectivity index (χ1) is 11.9. The molecule has 0 radical (unpaired) electrons. The first-order valence-electron chi connectivity index (χ1n) is 8.60. The third-order valence-electron chi connectivity index (χ3n) is 4.49. The first-order valence-corrected chi connectivity index (χ1v) is 8.60. The van der Waals surface area contributed by atoms with Crippen LogP contribution < -0.4 is 4.90 Å². The van der Waals surface area contributed by atoms with Crippen molar-refractivity contribution in [1.29, 1.82) is 0 Å². The number of rotatable bonds is 6. The van der Waals surface area contributed by atoms with E-state index in [0.29, 0.717) is 13.1 Å². The van der Waals surface area contributed by atoms with Gasteiger partial charge in [0.2, 0.25) is 11.8 Å². The number of benzene rings is 2. The number of hydrogen-bond donors (Lipinski definition) is 0. The third kappa shape index (κ3) is 4.69. The van der Waals surface area contributed by atoms with Gasteiger partial charge in [0.15, 0.2) is 0 Å². The van der Waals surface area contributed by atoms with Gasteiger partial charge >= 0.3 is 0 Å². The Morgan fingerprint density at radius 3 is 2.24 bits per heavy atom. The Labute approximate surface area is 150 Å². The molecule has 132 valence electrons. The lowest BCUT2D eigenvalue weighted by atomic mass is 10.1. The molecular formula is C21H26N2O2. The van der Waals surface area contributed by atoms with E-state index in [-0.39, 0.29) is 18.4 Å². The second-order valence-corrected chi connectivity index (χ2v) is 6.22. The minimum absolute atomic E-state index is 0.0533. The molecule has 0 aliphatic carbocycles. The molecule has 0 N–H and O–H groups in total. The SMILES string of the molecule is CCN(Cc1ccccc1)C(=O)CN(C(C)=O)c1cccc(C)c1C. The fraction of sp³-hybridized carbons (Fsp3) is 0.333. The summed E-state index contributed by atoms with van der Waals surface area (Å²) < 4.78 is 0.